The molecule has 1 aliphatic carbocycles. The van der Waals surface area contributed by atoms with Gasteiger partial charge in [-0.3, -0.25) is 0 Å². The van der Waals surface area contributed by atoms with Crippen LogP contribution in [0.5, 0.6) is 0 Å². The maximum absolute atomic E-state index is 6.44. The lowest BCUT2D eigenvalue weighted by atomic mass is 9.57. The molecule has 0 aromatic rings. The molecule has 126 valence electrons. The van der Waals surface area contributed by atoms with Crippen molar-refractivity contribution in [2.75, 3.05) is 5.33 Å². The summed E-state index contributed by atoms with van der Waals surface area (Å²) in [6.07, 6.45) is 5.41. The van der Waals surface area contributed by atoms with Crippen LogP contribution in [0.4, 0.5) is 0 Å². The van der Waals surface area contributed by atoms with Gasteiger partial charge < -0.3 is 9.47 Å². The highest BCUT2D eigenvalue weighted by atomic mass is 79.9. The monoisotopic (exact) mass is 374 g/mol. The average molecular weight is 375 g/mol. The van der Waals surface area contributed by atoms with Crippen molar-refractivity contribution in [3.05, 3.63) is 0 Å². The summed E-state index contributed by atoms with van der Waals surface area (Å²) < 4.78 is 12.8. The smallest absolute Gasteiger partial charge is 0.201 e. The molecule has 1 unspecified atom stereocenters. The first-order valence-electron chi connectivity index (χ1n) is 8.76. The lowest BCUT2D eigenvalue weighted by molar-refractivity contribution is -0.571. The lowest BCUT2D eigenvalue weighted by Gasteiger charge is -2.60. The van der Waals surface area contributed by atoms with E-state index in [0.29, 0.717) is 23.7 Å². The normalized spacial score (nSPS) is 57.3. The fourth-order valence-electron chi connectivity index (χ4n) is 5.42. The van der Waals surface area contributed by atoms with Crippen LogP contribution in [0.1, 0.15) is 52.9 Å². The molecular formula is C17H27BrO4. The van der Waals surface area contributed by atoms with E-state index in [2.05, 4.69) is 29.8 Å². The summed E-state index contributed by atoms with van der Waals surface area (Å²) in [5.74, 6) is 1.37. The number of rotatable bonds is 2. The molecule has 5 aliphatic rings. The number of halogens is 1. The second-order valence-corrected chi connectivity index (χ2v) is 8.71. The summed E-state index contributed by atoms with van der Waals surface area (Å²) in [5, 5.41) is 0.961. The first-order valence-corrected chi connectivity index (χ1v) is 9.88. The van der Waals surface area contributed by atoms with Gasteiger partial charge in [-0.2, -0.15) is 0 Å². The number of ether oxygens (including phenoxy) is 2. The number of hydrogen-bond acceptors (Lipinski definition) is 4. The number of fused-ring (bicyclic) bond motifs is 2. The maximum atomic E-state index is 6.44. The number of alkyl halides is 1. The zero-order valence-electron chi connectivity index (χ0n) is 13.7. The van der Waals surface area contributed by atoms with Gasteiger partial charge in [-0.15, -0.1) is 0 Å². The summed E-state index contributed by atoms with van der Waals surface area (Å²) in [6.45, 7) is 6.65. The van der Waals surface area contributed by atoms with Crippen molar-refractivity contribution < 1.29 is 19.2 Å². The average Bonchev–Trinajstić information content (AvgIpc) is 2.71. The van der Waals surface area contributed by atoms with Crippen molar-refractivity contribution in [1.29, 1.82) is 0 Å². The van der Waals surface area contributed by atoms with Gasteiger partial charge in [0.05, 0.1) is 6.10 Å². The zero-order chi connectivity index (χ0) is 15.5. The standard InChI is InChI=1S/C17H27BrO4/c1-10-4-5-13-11(2)14(7-9-18)19-15-17(13)12(10)6-8-16(3,20-15)21-22-17/h10-15H,4-9H2,1-3H3/t10-,11-,12+,13+,14-,15-,16?,17-/m1/s1. The van der Waals surface area contributed by atoms with Crippen molar-refractivity contribution in [2.45, 2.75) is 76.7 Å². The molecular weight excluding hydrogens is 348 g/mol. The minimum Gasteiger partial charge on any atom is -0.346 e. The molecule has 1 saturated carbocycles. The first-order chi connectivity index (χ1) is 10.5. The van der Waals surface area contributed by atoms with Gasteiger partial charge in [0.1, 0.15) is 0 Å². The van der Waals surface area contributed by atoms with Crippen molar-refractivity contribution in [1.82, 2.24) is 0 Å². The Morgan fingerprint density at radius 1 is 1.09 bits per heavy atom. The third kappa shape index (κ3) is 2.08. The molecule has 8 atom stereocenters. The van der Waals surface area contributed by atoms with E-state index in [-0.39, 0.29) is 12.4 Å². The molecule has 1 spiro atoms. The van der Waals surface area contributed by atoms with Crippen LogP contribution >= 0.6 is 15.9 Å². The molecule has 0 aromatic carbocycles. The highest BCUT2D eigenvalue weighted by Gasteiger charge is 2.69. The Hall–Kier alpha value is 0.320. The Morgan fingerprint density at radius 3 is 2.68 bits per heavy atom. The van der Waals surface area contributed by atoms with Crippen LogP contribution in [0.2, 0.25) is 0 Å². The van der Waals surface area contributed by atoms with Crippen molar-refractivity contribution in [3.63, 3.8) is 0 Å². The van der Waals surface area contributed by atoms with Crippen molar-refractivity contribution in [2.24, 2.45) is 23.7 Å². The van der Waals surface area contributed by atoms with Gasteiger partial charge in [0.15, 0.2) is 11.9 Å². The fraction of sp³-hybridized carbons (Fsp3) is 1.00. The maximum Gasteiger partial charge on any atom is 0.201 e. The van der Waals surface area contributed by atoms with Crippen LogP contribution in [0, 0.1) is 23.7 Å². The summed E-state index contributed by atoms with van der Waals surface area (Å²) in [6, 6.07) is 0. The molecule has 5 heteroatoms. The van der Waals surface area contributed by atoms with Gasteiger partial charge >= 0.3 is 0 Å². The predicted octanol–water partition coefficient (Wildman–Crippen LogP) is 4.02. The van der Waals surface area contributed by atoms with E-state index in [0.717, 1.165) is 24.6 Å². The van der Waals surface area contributed by atoms with Crippen LogP contribution in [0.25, 0.3) is 0 Å². The summed E-state index contributed by atoms with van der Waals surface area (Å²) in [7, 11) is 0. The van der Waals surface area contributed by atoms with E-state index in [4.69, 9.17) is 19.2 Å². The van der Waals surface area contributed by atoms with Crippen molar-refractivity contribution >= 4 is 15.9 Å². The fourth-order valence-corrected chi connectivity index (χ4v) is 5.87. The summed E-state index contributed by atoms with van der Waals surface area (Å²) in [4.78, 5) is 11.9. The molecule has 0 N–H and O–H groups in total. The quantitative estimate of drug-likeness (QED) is 0.540. The van der Waals surface area contributed by atoms with Crippen molar-refractivity contribution in [3.8, 4) is 0 Å². The Kier molecular flexibility index (Phi) is 3.90. The molecule has 4 heterocycles. The van der Waals surface area contributed by atoms with Crippen LogP contribution in [-0.2, 0) is 19.2 Å². The van der Waals surface area contributed by atoms with Gasteiger partial charge in [-0.25, -0.2) is 9.78 Å². The zero-order valence-corrected chi connectivity index (χ0v) is 15.3. The molecule has 5 fully saturated rings. The molecule has 5 rings (SSSR count). The third-order valence-electron chi connectivity index (χ3n) is 6.69. The van der Waals surface area contributed by atoms with E-state index < -0.39 is 11.4 Å². The Balaban J connectivity index is 1.75. The minimum absolute atomic E-state index is 0.237. The second-order valence-electron chi connectivity index (χ2n) is 7.92. The molecule has 4 aliphatic heterocycles. The van der Waals surface area contributed by atoms with E-state index in [1.165, 1.54) is 12.8 Å². The summed E-state index contributed by atoms with van der Waals surface area (Å²) >= 11 is 3.57. The highest BCUT2D eigenvalue weighted by molar-refractivity contribution is 9.09. The van der Waals surface area contributed by atoms with Crippen LogP contribution in [-0.4, -0.2) is 29.1 Å². The van der Waals surface area contributed by atoms with E-state index in [9.17, 15) is 0 Å². The highest BCUT2D eigenvalue weighted by Crippen LogP contribution is 2.60. The first kappa shape index (κ1) is 15.8. The van der Waals surface area contributed by atoms with Crippen LogP contribution < -0.4 is 0 Å². The Labute approximate surface area is 141 Å². The second kappa shape index (κ2) is 5.41. The number of hydrogen-bond donors (Lipinski definition) is 0. The van der Waals surface area contributed by atoms with Crippen LogP contribution in [0.3, 0.4) is 0 Å². The Morgan fingerprint density at radius 2 is 1.91 bits per heavy atom. The molecule has 4 nitrogen and oxygen atoms in total. The van der Waals surface area contributed by atoms with Gasteiger partial charge in [-0.05, 0) is 50.4 Å². The molecule has 0 radical (unpaired) electrons. The topological polar surface area (TPSA) is 36.9 Å². The molecule has 0 amide bonds. The largest absolute Gasteiger partial charge is 0.346 e. The van der Waals surface area contributed by atoms with E-state index >= 15 is 0 Å². The van der Waals surface area contributed by atoms with Gasteiger partial charge in [0, 0.05) is 17.7 Å². The van der Waals surface area contributed by atoms with Gasteiger partial charge in [0.25, 0.3) is 0 Å². The molecule has 0 aromatic heterocycles. The molecule has 22 heavy (non-hydrogen) atoms. The molecule has 4 saturated heterocycles. The minimum atomic E-state index is -0.656. The third-order valence-corrected chi connectivity index (χ3v) is 7.15. The van der Waals surface area contributed by atoms with E-state index in [1.807, 2.05) is 6.92 Å². The lowest BCUT2D eigenvalue weighted by Crippen LogP contribution is -2.70. The van der Waals surface area contributed by atoms with Gasteiger partial charge in [0.2, 0.25) is 5.79 Å². The SMILES string of the molecule is C[C@H]1[C@@H](CCBr)O[C@@H]2OC3(C)CC[C@H]4[C@H](C)CC[C@@H]1[C@@]24OO3. The van der Waals surface area contributed by atoms with E-state index in [1.54, 1.807) is 0 Å². The van der Waals surface area contributed by atoms with Crippen LogP contribution in [0.15, 0.2) is 0 Å². The van der Waals surface area contributed by atoms with Gasteiger partial charge in [-0.1, -0.05) is 29.8 Å². The predicted molar refractivity (Wildman–Crippen MR) is 85.2 cm³/mol. The summed E-state index contributed by atoms with van der Waals surface area (Å²) in [5.41, 5.74) is -0.407. The molecule has 2 bridgehead atoms. The Bertz CT molecular complexity index is 446.